The zero-order chi connectivity index (χ0) is 17.7. The Balaban J connectivity index is 2.38. The van der Waals surface area contributed by atoms with Crippen LogP contribution in [0.2, 0.25) is 5.02 Å². The molecule has 6 nitrogen and oxygen atoms in total. The van der Waals surface area contributed by atoms with Gasteiger partial charge in [0.2, 0.25) is 10.0 Å². The number of methoxy groups -OCH3 is 1. The zero-order valence-corrected chi connectivity index (χ0v) is 15.6. The summed E-state index contributed by atoms with van der Waals surface area (Å²) in [5.74, 6) is 0.501. The number of hydrogen-bond acceptors (Lipinski definition) is 5. The highest BCUT2D eigenvalue weighted by Crippen LogP contribution is 2.34. The standard InChI is InChI=1S/C16H25ClN2O4S/c1-12-4-3-7-19(14(12)11-18)24(20,21)16-10-13(17)5-6-15(16)23-9-8-22-2/h5-6,10,12,14H,3-4,7-9,11,18H2,1-2H3. The van der Waals surface area contributed by atoms with Crippen molar-refractivity contribution in [3.63, 3.8) is 0 Å². The molecule has 0 saturated carbocycles. The summed E-state index contributed by atoms with van der Waals surface area (Å²) in [6.45, 7) is 3.41. The van der Waals surface area contributed by atoms with Crippen molar-refractivity contribution in [1.82, 2.24) is 4.31 Å². The molecular formula is C16H25ClN2O4S. The lowest BCUT2D eigenvalue weighted by atomic mass is 9.93. The van der Waals surface area contributed by atoms with Crippen molar-refractivity contribution in [2.24, 2.45) is 11.7 Å². The van der Waals surface area contributed by atoms with Crippen LogP contribution in [0.25, 0.3) is 0 Å². The van der Waals surface area contributed by atoms with Crippen LogP contribution in [0.5, 0.6) is 5.75 Å². The van der Waals surface area contributed by atoms with Gasteiger partial charge >= 0.3 is 0 Å². The van der Waals surface area contributed by atoms with Gasteiger partial charge in [-0.05, 0) is 37.0 Å². The summed E-state index contributed by atoms with van der Waals surface area (Å²) in [5, 5.41) is 0.349. The first-order chi connectivity index (χ1) is 11.4. The number of nitrogens with two attached hydrogens (primary N) is 1. The number of sulfonamides is 1. The predicted molar refractivity (Wildman–Crippen MR) is 94.0 cm³/mol. The highest BCUT2D eigenvalue weighted by atomic mass is 35.5. The van der Waals surface area contributed by atoms with E-state index < -0.39 is 10.0 Å². The van der Waals surface area contributed by atoms with Crippen LogP contribution in [0.15, 0.2) is 23.1 Å². The van der Waals surface area contributed by atoms with Gasteiger partial charge in [0.05, 0.1) is 6.61 Å². The summed E-state index contributed by atoms with van der Waals surface area (Å²) in [7, 11) is -2.18. The summed E-state index contributed by atoms with van der Waals surface area (Å²) >= 11 is 6.03. The van der Waals surface area contributed by atoms with Gasteiger partial charge in [0.25, 0.3) is 0 Å². The Labute approximate surface area is 148 Å². The summed E-state index contributed by atoms with van der Waals surface area (Å²) in [5.41, 5.74) is 5.85. The van der Waals surface area contributed by atoms with Crippen LogP contribution < -0.4 is 10.5 Å². The second-order valence-electron chi connectivity index (χ2n) is 5.97. The number of piperidine rings is 1. The van der Waals surface area contributed by atoms with Gasteiger partial charge in [0.1, 0.15) is 17.3 Å². The fourth-order valence-electron chi connectivity index (χ4n) is 3.02. The third-order valence-corrected chi connectivity index (χ3v) is 6.52. The van der Waals surface area contributed by atoms with E-state index in [0.717, 1.165) is 12.8 Å². The van der Waals surface area contributed by atoms with Crippen molar-refractivity contribution < 1.29 is 17.9 Å². The Hall–Kier alpha value is -0.860. The average Bonchev–Trinajstić information content (AvgIpc) is 2.56. The molecule has 0 radical (unpaired) electrons. The van der Waals surface area contributed by atoms with Crippen molar-refractivity contribution in [2.45, 2.75) is 30.7 Å². The second-order valence-corrected chi connectivity index (χ2v) is 8.27. The Morgan fingerprint density at radius 3 is 2.79 bits per heavy atom. The minimum atomic E-state index is -3.74. The van der Waals surface area contributed by atoms with E-state index in [1.165, 1.54) is 10.4 Å². The van der Waals surface area contributed by atoms with Gasteiger partial charge in [-0.2, -0.15) is 4.31 Å². The molecule has 1 aromatic rings. The van der Waals surface area contributed by atoms with Crippen molar-refractivity contribution >= 4 is 21.6 Å². The lowest BCUT2D eigenvalue weighted by Crippen LogP contribution is -2.51. The second kappa shape index (κ2) is 8.49. The van der Waals surface area contributed by atoms with Crippen molar-refractivity contribution in [2.75, 3.05) is 33.4 Å². The Morgan fingerprint density at radius 1 is 1.38 bits per heavy atom. The SMILES string of the molecule is COCCOc1ccc(Cl)cc1S(=O)(=O)N1CCCC(C)C1CN. The first-order valence-corrected chi connectivity index (χ1v) is 9.86. The van der Waals surface area contributed by atoms with Gasteiger partial charge in [-0.25, -0.2) is 8.42 Å². The van der Waals surface area contributed by atoms with Crippen LogP contribution in [0.3, 0.4) is 0 Å². The van der Waals surface area contributed by atoms with Gasteiger partial charge in [-0.1, -0.05) is 18.5 Å². The number of nitrogens with zero attached hydrogens (tertiary/aromatic N) is 1. The van der Waals surface area contributed by atoms with E-state index in [4.69, 9.17) is 26.8 Å². The van der Waals surface area contributed by atoms with Gasteiger partial charge in [-0.3, -0.25) is 0 Å². The smallest absolute Gasteiger partial charge is 0.247 e. The Kier molecular flexibility index (Phi) is 6.88. The first-order valence-electron chi connectivity index (χ1n) is 8.05. The van der Waals surface area contributed by atoms with Gasteiger partial charge in [0.15, 0.2) is 0 Å². The average molecular weight is 377 g/mol. The van der Waals surface area contributed by atoms with Crippen LogP contribution in [0.1, 0.15) is 19.8 Å². The topological polar surface area (TPSA) is 81.9 Å². The molecule has 136 valence electrons. The zero-order valence-electron chi connectivity index (χ0n) is 14.1. The summed E-state index contributed by atoms with van der Waals surface area (Å²) in [6, 6.07) is 4.42. The lowest BCUT2D eigenvalue weighted by molar-refractivity contribution is 0.144. The van der Waals surface area contributed by atoms with Crippen molar-refractivity contribution in [3.05, 3.63) is 23.2 Å². The lowest BCUT2D eigenvalue weighted by Gasteiger charge is -2.38. The molecule has 1 fully saturated rings. The van der Waals surface area contributed by atoms with Gasteiger partial charge < -0.3 is 15.2 Å². The summed E-state index contributed by atoms with van der Waals surface area (Å²) in [4.78, 5) is 0.0821. The van der Waals surface area contributed by atoms with E-state index in [0.29, 0.717) is 24.7 Å². The van der Waals surface area contributed by atoms with Gasteiger partial charge in [-0.15, -0.1) is 0 Å². The van der Waals surface area contributed by atoms with E-state index in [1.54, 1.807) is 19.2 Å². The fraction of sp³-hybridized carbons (Fsp3) is 0.625. The van der Waals surface area contributed by atoms with Crippen molar-refractivity contribution in [3.8, 4) is 5.75 Å². The predicted octanol–water partition coefficient (Wildman–Crippen LogP) is 2.11. The fourth-order valence-corrected chi connectivity index (χ4v) is 5.19. The molecule has 0 aromatic heterocycles. The molecule has 2 N–H and O–H groups in total. The number of benzene rings is 1. The van der Waals surface area contributed by atoms with E-state index in [1.807, 2.05) is 6.92 Å². The molecule has 2 unspecified atom stereocenters. The third kappa shape index (κ3) is 4.21. The maximum atomic E-state index is 13.2. The molecule has 1 heterocycles. The van der Waals surface area contributed by atoms with E-state index in [9.17, 15) is 8.42 Å². The molecular weight excluding hydrogens is 352 g/mol. The van der Waals surface area contributed by atoms with E-state index >= 15 is 0 Å². The maximum absolute atomic E-state index is 13.2. The van der Waals surface area contributed by atoms with Crippen molar-refractivity contribution in [1.29, 1.82) is 0 Å². The molecule has 0 amide bonds. The number of rotatable bonds is 7. The molecule has 1 aromatic carbocycles. The molecule has 2 atom stereocenters. The molecule has 0 spiro atoms. The summed E-state index contributed by atoms with van der Waals surface area (Å²) in [6.07, 6.45) is 1.79. The van der Waals surface area contributed by atoms with Crippen LogP contribution >= 0.6 is 11.6 Å². The first kappa shape index (κ1) is 19.5. The number of hydrogen-bond donors (Lipinski definition) is 1. The monoisotopic (exact) mass is 376 g/mol. The van der Waals surface area contributed by atoms with Crippen LogP contribution in [0.4, 0.5) is 0 Å². The molecule has 0 aliphatic carbocycles. The maximum Gasteiger partial charge on any atom is 0.247 e. The molecule has 2 rings (SSSR count). The van der Waals surface area contributed by atoms with Crippen LogP contribution in [-0.4, -0.2) is 52.2 Å². The third-order valence-electron chi connectivity index (χ3n) is 4.34. The Bertz CT molecular complexity index is 653. The van der Waals surface area contributed by atoms with E-state index in [2.05, 4.69) is 0 Å². The molecule has 8 heteroatoms. The highest BCUT2D eigenvalue weighted by molar-refractivity contribution is 7.89. The highest BCUT2D eigenvalue weighted by Gasteiger charge is 2.37. The van der Waals surface area contributed by atoms with Crippen LogP contribution in [0, 0.1) is 5.92 Å². The number of ether oxygens (including phenoxy) is 2. The largest absolute Gasteiger partial charge is 0.490 e. The quantitative estimate of drug-likeness (QED) is 0.737. The molecule has 24 heavy (non-hydrogen) atoms. The molecule has 1 aliphatic rings. The molecule has 1 saturated heterocycles. The van der Waals surface area contributed by atoms with E-state index in [-0.39, 0.29) is 29.2 Å². The number of halogens is 1. The van der Waals surface area contributed by atoms with Gasteiger partial charge in [0, 0.05) is 31.3 Å². The minimum Gasteiger partial charge on any atom is -0.490 e. The normalized spacial score (nSPS) is 22.5. The molecule has 0 bridgehead atoms. The molecule has 1 aliphatic heterocycles. The minimum absolute atomic E-state index is 0.0821. The summed E-state index contributed by atoms with van der Waals surface area (Å²) < 4.78 is 38.4. The Morgan fingerprint density at radius 2 is 2.12 bits per heavy atom. The van der Waals surface area contributed by atoms with Crippen LogP contribution in [-0.2, 0) is 14.8 Å².